The van der Waals surface area contributed by atoms with Crippen LogP contribution in [0.3, 0.4) is 0 Å². The van der Waals surface area contributed by atoms with Gasteiger partial charge < -0.3 is 14.5 Å². The minimum absolute atomic E-state index is 0.280. The summed E-state index contributed by atoms with van der Waals surface area (Å²) in [7, 11) is 0. The lowest BCUT2D eigenvalue weighted by atomic mass is 10.2. The molecule has 0 saturated carbocycles. The summed E-state index contributed by atoms with van der Waals surface area (Å²) < 4.78 is 10.9. The van der Waals surface area contributed by atoms with Gasteiger partial charge in [0.05, 0.1) is 17.9 Å². The SMILES string of the molecule is C[C@@H](NC(=O)COC(=O)c1cccc(Br)c1)c1ccco1. The maximum Gasteiger partial charge on any atom is 0.338 e. The number of carbonyl (C=O) groups excluding carboxylic acids is 2. The molecule has 1 atom stereocenters. The van der Waals surface area contributed by atoms with Crippen molar-refractivity contribution in [2.24, 2.45) is 0 Å². The zero-order valence-electron chi connectivity index (χ0n) is 11.3. The first kappa shape index (κ1) is 15.3. The van der Waals surface area contributed by atoms with Crippen molar-refractivity contribution >= 4 is 27.8 Å². The quantitative estimate of drug-likeness (QED) is 0.840. The molecule has 6 heteroatoms. The van der Waals surface area contributed by atoms with Crippen molar-refractivity contribution in [3.63, 3.8) is 0 Å². The van der Waals surface area contributed by atoms with Crippen LogP contribution in [0.5, 0.6) is 0 Å². The van der Waals surface area contributed by atoms with Crippen molar-refractivity contribution < 1.29 is 18.7 Å². The fraction of sp³-hybridized carbons (Fsp3) is 0.200. The predicted molar refractivity (Wildman–Crippen MR) is 79.7 cm³/mol. The van der Waals surface area contributed by atoms with Gasteiger partial charge in [-0.25, -0.2) is 4.79 Å². The molecule has 1 amide bonds. The second-order valence-corrected chi connectivity index (χ2v) is 5.31. The van der Waals surface area contributed by atoms with E-state index < -0.39 is 5.97 Å². The Bertz CT molecular complexity index is 624. The zero-order valence-corrected chi connectivity index (χ0v) is 12.9. The van der Waals surface area contributed by atoms with Crippen molar-refractivity contribution in [2.45, 2.75) is 13.0 Å². The molecule has 0 aliphatic heterocycles. The Morgan fingerprint density at radius 2 is 2.14 bits per heavy atom. The molecule has 0 aliphatic carbocycles. The van der Waals surface area contributed by atoms with Crippen LogP contribution in [0.1, 0.15) is 29.1 Å². The van der Waals surface area contributed by atoms with Gasteiger partial charge in [0.25, 0.3) is 5.91 Å². The molecule has 0 unspecified atom stereocenters. The number of furan rings is 1. The maximum atomic E-state index is 11.8. The topological polar surface area (TPSA) is 68.5 Å². The van der Waals surface area contributed by atoms with Crippen LogP contribution in [0.25, 0.3) is 0 Å². The maximum absolute atomic E-state index is 11.8. The number of amides is 1. The molecule has 1 N–H and O–H groups in total. The van der Waals surface area contributed by atoms with Crippen LogP contribution < -0.4 is 5.32 Å². The lowest BCUT2D eigenvalue weighted by Crippen LogP contribution is -2.30. The molecular formula is C15H14BrNO4. The summed E-state index contributed by atoms with van der Waals surface area (Å²) in [6, 6.07) is 10.00. The minimum Gasteiger partial charge on any atom is -0.467 e. The van der Waals surface area contributed by atoms with E-state index in [-0.39, 0.29) is 18.6 Å². The van der Waals surface area contributed by atoms with E-state index in [4.69, 9.17) is 9.15 Å². The van der Waals surface area contributed by atoms with Crippen molar-refractivity contribution in [3.8, 4) is 0 Å². The monoisotopic (exact) mass is 351 g/mol. The standard InChI is InChI=1S/C15H14BrNO4/c1-10(13-6-3-7-20-13)17-14(18)9-21-15(19)11-4-2-5-12(16)8-11/h2-8,10H,9H2,1H3,(H,17,18)/t10-/m1/s1. The first-order valence-corrected chi connectivity index (χ1v) is 7.11. The molecule has 0 bridgehead atoms. The van der Waals surface area contributed by atoms with Gasteiger partial charge in [-0.15, -0.1) is 0 Å². The summed E-state index contributed by atoms with van der Waals surface area (Å²) in [5, 5.41) is 2.68. The fourth-order valence-corrected chi connectivity index (χ4v) is 2.12. The van der Waals surface area contributed by atoms with E-state index >= 15 is 0 Å². The highest BCUT2D eigenvalue weighted by Gasteiger charge is 2.14. The second kappa shape index (κ2) is 7.08. The van der Waals surface area contributed by atoms with Crippen molar-refractivity contribution in [1.29, 1.82) is 0 Å². The van der Waals surface area contributed by atoms with Crippen LogP contribution in [0.15, 0.2) is 51.6 Å². The highest BCUT2D eigenvalue weighted by atomic mass is 79.9. The van der Waals surface area contributed by atoms with Gasteiger partial charge in [0.2, 0.25) is 0 Å². The zero-order chi connectivity index (χ0) is 15.2. The molecule has 1 aromatic heterocycles. The molecule has 0 aliphatic rings. The predicted octanol–water partition coefficient (Wildman–Crippen LogP) is 3.08. The van der Waals surface area contributed by atoms with E-state index in [0.717, 1.165) is 4.47 Å². The van der Waals surface area contributed by atoms with Gasteiger partial charge in [-0.1, -0.05) is 22.0 Å². The third kappa shape index (κ3) is 4.46. The number of ether oxygens (including phenoxy) is 1. The lowest BCUT2D eigenvalue weighted by molar-refractivity contribution is -0.125. The fourth-order valence-electron chi connectivity index (χ4n) is 1.72. The molecule has 1 aromatic carbocycles. The third-order valence-corrected chi connectivity index (χ3v) is 3.24. The molecule has 0 spiro atoms. The van der Waals surface area contributed by atoms with Crippen LogP contribution in [0, 0.1) is 0 Å². The van der Waals surface area contributed by atoms with Gasteiger partial charge in [0.15, 0.2) is 6.61 Å². The largest absolute Gasteiger partial charge is 0.467 e. The Morgan fingerprint density at radius 3 is 2.81 bits per heavy atom. The highest BCUT2D eigenvalue weighted by molar-refractivity contribution is 9.10. The Hall–Kier alpha value is -2.08. The van der Waals surface area contributed by atoms with Crippen LogP contribution >= 0.6 is 15.9 Å². The molecule has 0 radical (unpaired) electrons. The summed E-state index contributed by atoms with van der Waals surface area (Å²) in [6.07, 6.45) is 1.53. The average Bonchev–Trinajstić information content (AvgIpc) is 2.99. The van der Waals surface area contributed by atoms with Crippen molar-refractivity contribution in [2.75, 3.05) is 6.61 Å². The van der Waals surface area contributed by atoms with E-state index in [9.17, 15) is 9.59 Å². The van der Waals surface area contributed by atoms with Gasteiger partial charge in [0.1, 0.15) is 5.76 Å². The molecule has 0 fully saturated rings. The first-order valence-electron chi connectivity index (χ1n) is 6.31. The van der Waals surface area contributed by atoms with E-state index in [1.807, 2.05) is 0 Å². The van der Waals surface area contributed by atoms with Gasteiger partial charge in [-0.3, -0.25) is 4.79 Å². The van der Waals surface area contributed by atoms with E-state index in [0.29, 0.717) is 11.3 Å². The van der Waals surface area contributed by atoms with E-state index in [1.165, 1.54) is 6.26 Å². The smallest absolute Gasteiger partial charge is 0.338 e. The number of carbonyl (C=O) groups is 2. The number of nitrogens with one attached hydrogen (secondary N) is 1. The summed E-state index contributed by atoms with van der Waals surface area (Å²) in [4.78, 5) is 23.5. The number of esters is 1. The van der Waals surface area contributed by atoms with Gasteiger partial charge >= 0.3 is 5.97 Å². The molecule has 21 heavy (non-hydrogen) atoms. The number of hydrogen-bond donors (Lipinski definition) is 1. The Labute approximate surface area is 130 Å². The molecule has 0 saturated heterocycles. The average molecular weight is 352 g/mol. The summed E-state index contributed by atoms with van der Waals surface area (Å²) in [6.45, 7) is 1.45. The third-order valence-electron chi connectivity index (χ3n) is 2.74. The lowest BCUT2D eigenvalue weighted by Gasteiger charge is -2.11. The van der Waals surface area contributed by atoms with Crippen LogP contribution in [0.4, 0.5) is 0 Å². The number of halogens is 1. The van der Waals surface area contributed by atoms with Gasteiger partial charge in [-0.05, 0) is 37.3 Å². The van der Waals surface area contributed by atoms with Crippen LogP contribution in [0.2, 0.25) is 0 Å². The van der Waals surface area contributed by atoms with E-state index in [2.05, 4.69) is 21.2 Å². The summed E-state index contributed by atoms with van der Waals surface area (Å²) in [5.41, 5.74) is 0.385. The molecule has 1 heterocycles. The number of hydrogen-bond acceptors (Lipinski definition) is 4. The molecule has 2 rings (SSSR count). The van der Waals surface area contributed by atoms with Crippen molar-refractivity contribution in [1.82, 2.24) is 5.32 Å². The second-order valence-electron chi connectivity index (χ2n) is 4.39. The summed E-state index contributed by atoms with van der Waals surface area (Å²) >= 11 is 3.27. The molecule has 2 aromatic rings. The highest BCUT2D eigenvalue weighted by Crippen LogP contribution is 2.13. The molecule has 110 valence electrons. The Morgan fingerprint density at radius 1 is 1.33 bits per heavy atom. The van der Waals surface area contributed by atoms with Gasteiger partial charge in [0, 0.05) is 4.47 Å². The van der Waals surface area contributed by atoms with E-state index in [1.54, 1.807) is 43.3 Å². The number of rotatable bonds is 5. The minimum atomic E-state index is -0.544. The Balaban J connectivity index is 1.82. The summed E-state index contributed by atoms with van der Waals surface area (Å²) in [5.74, 6) is -0.291. The molecule has 5 nitrogen and oxygen atoms in total. The Kier molecular flexibility index (Phi) is 5.16. The number of benzene rings is 1. The first-order chi connectivity index (χ1) is 10.1. The van der Waals surface area contributed by atoms with Crippen LogP contribution in [-0.4, -0.2) is 18.5 Å². The van der Waals surface area contributed by atoms with Gasteiger partial charge in [-0.2, -0.15) is 0 Å². The molecular weight excluding hydrogens is 338 g/mol. The van der Waals surface area contributed by atoms with Crippen LogP contribution in [-0.2, 0) is 9.53 Å². The normalized spacial score (nSPS) is 11.7. The van der Waals surface area contributed by atoms with Crippen molar-refractivity contribution in [3.05, 3.63) is 58.5 Å².